The average molecular weight is 280 g/mol. The molecular formula is C13H14F2N4O. The summed E-state index contributed by atoms with van der Waals surface area (Å²) in [5, 5.41) is 11.6. The molecule has 106 valence electrons. The SMILES string of the molecule is CNc1c(F)cc(C(=O)Nc2c(C)n[nH]c2C)cc1F. The van der Waals surface area contributed by atoms with Crippen molar-refractivity contribution in [1.29, 1.82) is 0 Å². The van der Waals surface area contributed by atoms with Gasteiger partial charge in [0.1, 0.15) is 17.3 Å². The van der Waals surface area contributed by atoms with Gasteiger partial charge in [0.05, 0.1) is 17.1 Å². The van der Waals surface area contributed by atoms with Crippen LogP contribution in [0.4, 0.5) is 20.2 Å². The van der Waals surface area contributed by atoms with E-state index in [-0.39, 0.29) is 11.3 Å². The number of nitrogens with one attached hydrogen (secondary N) is 3. The van der Waals surface area contributed by atoms with Gasteiger partial charge in [-0.15, -0.1) is 0 Å². The summed E-state index contributed by atoms with van der Waals surface area (Å²) in [6.07, 6.45) is 0. The van der Waals surface area contributed by atoms with Crippen LogP contribution in [-0.4, -0.2) is 23.2 Å². The van der Waals surface area contributed by atoms with Crippen LogP contribution in [0.2, 0.25) is 0 Å². The first-order valence-electron chi connectivity index (χ1n) is 5.93. The first-order valence-corrected chi connectivity index (χ1v) is 5.93. The molecule has 0 fully saturated rings. The van der Waals surface area contributed by atoms with E-state index in [2.05, 4.69) is 20.8 Å². The highest BCUT2D eigenvalue weighted by Gasteiger charge is 2.16. The van der Waals surface area contributed by atoms with Gasteiger partial charge in [0.15, 0.2) is 0 Å². The third-order valence-electron chi connectivity index (χ3n) is 2.92. The molecule has 0 atom stereocenters. The molecule has 7 heteroatoms. The van der Waals surface area contributed by atoms with Crippen molar-refractivity contribution in [2.45, 2.75) is 13.8 Å². The molecule has 0 bridgehead atoms. The lowest BCUT2D eigenvalue weighted by Crippen LogP contribution is -2.14. The second-order valence-electron chi connectivity index (χ2n) is 4.33. The summed E-state index contributed by atoms with van der Waals surface area (Å²) >= 11 is 0. The summed E-state index contributed by atoms with van der Waals surface area (Å²) in [7, 11) is 1.40. The Hall–Kier alpha value is -2.44. The summed E-state index contributed by atoms with van der Waals surface area (Å²) in [6, 6.07) is 1.96. The fourth-order valence-corrected chi connectivity index (χ4v) is 1.86. The molecule has 0 radical (unpaired) electrons. The number of aromatic nitrogens is 2. The molecule has 0 saturated heterocycles. The van der Waals surface area contributed by atoms with Crippen molar-refractivity contribution < 1.29 is 13.6 Å². The van der Waals surface area contributed by atoms with Crippen LogP contribution in [0.15, 0.2) is 12.1 Å². The van der Waals surface area contributed by atoms with Gasteiger partial charge in [-0.25, -0.2) is 8.78 Å². The van der Waals surface area contributed by atoms with Crippen molar-refractivity contribution >= 4 is 17.3 Å². The van der Waals surface area contributed by atoms with Gasteiger partial charge >= 0.3 is 0 Å². The van der Waals surface area contributed by atoms with E-state index in [0.717, 1.165) is 12.1 Å². The number of hydrogen-bond donors (Lipinski definition) is 3. The molecule has 0 unspecified atom stereocenters. The summed E-state index contributed by atoms with van der Waals surface area (Å²) in [6.45, 7) is 3.45. The molecule has 1 aromatic heterocycles. The summed E-state index contributed by atoms with van der Waals surface area (Å²) < 4.78 is 27.2. The smallest absolute Gasteiger partial charge is 0.255 e. The molecule has 0 aliphatic heterocycles. The van der Waals surface area contributed by atoms with Gasteiger partial charge in [-0.3, -0.25) is 9.89 Å². The summed E-state index contributed by atoms with van der Waals surface area (Å²) in [4.78, 5) is 12.0. The Kier molecular flexibility index (Phi) is 3.69. The van der Waals surface area contributed by atoms with Crippen LogP contribution in [0.3, 0.4) is 0 Å². The standard InChI is InChI=1S/C13H14F2N4O/c1-6-11(7(2)19-18-6)17-13(20)8-4-9(14)12(16-3)10(15)5-8/h4-5,16H,1-3H3,(H,17,20)(H,18,19). The number of rotatable bonds is 3. The van der Waals surface area contributed by atoms with Gasteiger partial charge in [-0.1, -0.05) is 0 Å². The number of anilines is 2. The number of H-pyrrole nitrogens is 1. The van der Waals surface area contributed by atoms with Crippen LogP contribution in [0.5, 0.6) is 0 Å². The highest BCUT2D eigenvalue weighted by atomic mass is 19.1. The normalized spacial score (nSPS) is 10.4. The second-order valence-corrected chi connectivity index (χ2v) is 4.33. The molecule has 1 aromatic carbocycles. The molecule has 20 heavy (non-hydrogen) atoms. The molecule has 1 heterocycles. The van der Waals surface area contributed by atoms with E-state index >= 15 is 0 Å². The van der Waals surface area contributed by atoms with Gasteiger partial charge in [0.2, 0.25) is 0 Å². The number of carbonyl (C=O) groups is 1. The Morgan fingerprint density at radius 1 is 1.20 bits per heavy atom. The minimum atomic E-state index is -0.821. The number of carbonyl (C=O) groups excluding carboxylic acids is 1. The van der Waals surface area contributed by atoms with E-state index in [4.69, 9.17) is 0 Å². The highest BCUT2D eigenvalue weighted by molar-refractivity contribution is 6.05. The molecule has 2 rings (SSSR count). The maximum absolute atomic E-state index is 13.6. The highest BCUT2D eigenvalue weighted by Crippen LogP contribution is 2.22. The fourth-order valence-electron chi connectivity index (χ4n) is 1.86. The molecule has 0 spiro atoms. The Labute approximate surface area is 114 Å². The zero-order valence-electron chi connectivity index (χ0n) is 11.3. The molecule has 5 nitrogen and oxygen atoms in total. The molecule has 0 aliphatic carbocycles. The van der Waals surface area contributed by atoms with E-state index in [1.165, 1.54) is 7.05 Å². The van der Waals surface area contributed by atoms with Crippen molar-refractivity contribution in [3.8, 4) is 0 Å². The summed E-state index contributed by atoms with van der Waals surface area (Å²) in [5.74, 6) is -2.24. The number of nitrogens with zero attached hydrogens (tertiary/aromatic N) is 1. The van der Waals surface area contributed by atoms with Crippen LogP contribution < -0.4 is 10.6 Å². The lowest BCUT2D eigenvalue weighted by Gasteiger charge is -2.08. The molecule has 3 N–H and O–H groups in total. The van der Waals surface area contributed by atoms with Crippen molar-refractivity contribution in [3.63, 3.8) is 0 Å². The lowest BCUT2D eigenvalue weighted by atomic mass is 10.1. The molecule has 2 aromatic rings. The number of benzene rings is 1. The number of aromatic amines is 1. The second kappa shape index (κ2) is 5.28. The van der Waals surface area contributed by atoms with Crippen molar-refractivity contribution in [3.05, 3.63) is 40.7 Å². The van der Waals surface area contributed by atoms with Crippen LogP contribution in [0, 0.1) is 25.5 Å². The number of halogens is 2. The number of aryl methyl sites for hydroxylation is 2. The van der Waals surface area contributed by atoms with E-state index < -0.39 is 17.5 Å². The third kappa shape index (κ3) is 2.47. The molecule has 0 aliphatic rings. The largest absolute Gasteiger partial charge is 0.383 e. The average Bonchev–Trinajstić information content (AvgIpc) is 2.70. The minimum absolute atomic E-state index is 0.0981. The predicted octanol–water partition coefficient (Wildman–Crippen LogP) is 2.60. The Morgan fingerprint density at radius 3 is 2.25 bits per heavy atom. The fraction of sp³-hybridized carbons (Fsp3) is 0.231. The minimum Gasteiger partial charge on any atom is -0.383 e. The lowest BCUT2D eigenvalue weighted by molar-refractivity contribution is 0.102. The van der Waals surface area contributed by atoms with E-state index in [1.807, 2.05) is 0 Å². The van der Waals surface area contributed by atoms with Crippen molar-refractivity contribution in [1.82, 2.24) is 10.2 Å². The topological polar surface area (TPSA) is 69.8 Å². The molecular weight excluding hydrogens is 266 g/mol. The quantitative estimate of drug-likeness (QED) is 0.809. The van der Waals surface area contributed by atoms with Crippen LogP contribution in [0.25, 0.3) is 0 Å². The Balaban J connectivity index is 2.31. The zero-order valence-corrected chi connectivity index (χ0v) is 11.3. The van der Waals surface area contributed by atoms with Crippen molar-refractivity contribution in [2.24, 2.45) is 0 Å². The van der Waals surface area contributed by atoms with Gasteiger partial charge in [-0.2, -0.15) is 5.10 Å². The van der Waals surface area contributed by atoms with Crippen LogP contribution in [-0.2, 0) is 0 Å². The number of hydrogen-bond acceptors (Lipinski definition) is 3. The molecule has 1 amide bonds. The van der Waals surface area contributed by atoms with Crippen molar-refractivity contribution in [2.75, 3.05) is 17.7 Å². The zero-order chi connectivity index (χ0) is 14.9. The third-order valence-corrected chi connectivity index (χ3v) is 2.92. The monoisotopic (exact) mass is 280 g/mol. The Morgan fingerprint density at radius 2 is 1.80 bits per heavy atom. The van der Waals surface area contributed by atoms with Gasteiger partial charge < -0.3 is 10.6 Å². The van der Waals surface area contributed by atoms with Gasteiger partial charge in [0.25, 0.3) is 5.91 Å². The van der Waals surface area contributed by atoms with E-state index in [1.54, 1.807) is 13.8 Å². The maximum Gasteiger partial charge on any atom is 0.255 e. The predicted molar refractivity (Wildman–Crippen MR) is 71.9 cm³/mol. The Bertz CT molecular complexity index is 624. The number of amides is 1. The van der Waals surface area contributed by atoms with E-state index in [9.17, 15) is 13.6 Å². The van der Waals surface area contributed by atoms with E-state index in [0.29, 0.717) is 17.1 Å². The van der Waals surface area contributed by atoms with Gasteiger partial charge in [-0.05, 0) is 26.0 Å². The maximum atomic E-state index is 13.6. The first-order chi connectivity index (χ1) is 9.43. The molecule has 0 saturated carbocycles. The van der Waals surface area contributed by atoms with Crippen LogP contribution in [0.1, 0.15) is 21.7 Å². The van der Waals surface area contributed by atoms with Gasteiger partial charge in [0, 0.05) is 12.6 Å². The summed E-state index contributed by atoms with van der Waals surface area (Å²) in [5.41, 5.74) is 1.41. The van der Waals surface area contributed by atoms with Crippen LogP contribution >= 0.6 is 0 Å². The first kappa shape index (κ1) is 14.0.